The predicted molar refractivity (Wildman–Crippen MR) is 79.6 cm³/mol. The van der Waals surface area contributed by atoms with Gasteiger partial charge in [-0.1, -0.05) is 0 Å². The van der Waals surface area contributed by atoms with Crippen LogP contribution in [0.1, 0.15) is 27.2 Å². The van der Waals surface area contributed by atoms with Gasteiger partial charge in [-0.2, -0.15) is 11.8 Å². The number of rotatable bonds is 5. The molecule has 0 radical (unpaired) electrons. The van der Waals surface area contributed by atoms with Gasteiger partial charge in [-0.3, -0.25) is 0 Å². The van der Waals surface area contributed by atoms with Gasteiger partial charge in [-0.15, -0.1) is 0 Å². The third-order valence-electron chi connectivity index (χ3n) is 3.75. The van der Waals surface area contributed by atoms with Gasteiger partial charge in [0.05, 0.1) is 0 Å². The number of piperidine rings is 1. The Kier molecular flexibility index (Phi) is 4.66. The first-order chi connectivity index (χ1) is 8.92. The molecule has 0 spiro atoms. The third kappa shape index (κ3) is 4.02. The Hall–Kier alpha value is -0.420. The second-order valence-corrected chi connectivity index (χ2v) is 7.52. The Morgan fingerprint density at radius 1 is 1.37 bits per heavy atom. The van der Waals surface area contributed by atoms with Crippen molar-refractivity contribution in [2.45, 2.75) is 38.8 Å². The monoisotopic (exact) mass is 286 g/mol. The first-order valence-electron chi connectivity index (χ1n) is 7.12. The molecule has 0 aromatic rings. The number of hydrogen-bond acceptors (Lipinski definition) is 4. The number of nitrogens with one attached hydrogen (secondary N) is 1. The van der Waals surface area contributed by atoms with Gasteiger partial charge in [0.2, 0.25) is 0 Å². The number of ether oxygens (including phenoxy) is 1. The molecule has 1 saturated heterocycles. The zero-order valence-corrected chi connectivity index (χ0v) is 13.3. The highest BCUT2D eigenvalue weighted by Gasteiger charge is 2.56. The van der Waals surface area contributed by atoms with E-state index in [0.29, 0.717) is 17.9 Å². The number of carbonyl (C=O) groups excluding carboxylic acids is 1. The standard InChI is InChI=1S/C14H26N2O2S/c1-14(2,3)18-13(17)16-8-10-11(9-16)12(10)15-6-5-7-19-4/h10-12,15H,5-9H2,1-4H3. The number of hydrogen-bond donors (Lipinski definition) is 1. The quantitative estimate of drug-likeness (QED) is 0.787. The zero-order chi connectivity index (χ0) is 14.0. The lowest BCUT2D eigenvalue weighted by Gasteiger charge is -2.26. The molecule has 19 heavy (non-hydrogen) atoms. The summed E-state index contributed by atoms with van der Waals surface area (Å²) in [6.45, 7) is 8.57. The Labute approximate surface area is 120 Å². The summed E-state index contributed by atoms with van der Waals surface area (Å²) < 4.78 is 5.40. The lowest BCUT2D eigenvalue weighted by atomic mass is 10.2. The minimum Gasteiger partial charge on any atom is -0.444 e. The summed E-state index contributed by atoms with van der Waals surface area (Å²) in [5.74, 6) is 2.53. The summed E-state index contributed by atoms with van der Waals surface area (Å²) >= 11 is 1.90. The van der Waals surface area contributed by atoms with E-state index in [1.807, 2.05) is 37.4 Å². The van der Waals surface area contributed by atoms with Gasteiger partial charge >= 0.3 is 6.09 Å². The molecule has 0 bridgehead atoms. The molecule has 2 atom stereocenters. The van der Waals surface area contributed by atoms with E-state index in [1.165, 1.54) is 12.2 Å². The van der Waals surface area contributed by atoms with Crippen molar-refractivity contribution in [3.63, 3.8) is 0 Å². The summed E-state index contributed by atoms with van der Waals surface area (Å²) in [5.41, 5.74) is -0.390. The second kappa shape index (κ2) is 5.92. The molecule has 1 heterocycles. The topological polar surface area (TPSA) is 41.6 Å². The minimum absolute atomic E-state index is 0.152. The van der Waals surface area contributed by atoms with Crippen molar-refractivity contribution >= 4 is 17.9 Å². The molecule has 0 aromatic carbocycles. The number of likely N-dealkylation sites (tertiary alicyclic amines) is 1. The van der Waals surface area contributed by atoms with Crippen LogP contribution in [-0.4, -0.2) is 54.3 Å². The predicted octanol–water partition coefficient (Wildman–Crippen LogP) is 2.19. The Balaban J connectivity index is 1.65. The van der Waals surface area contributed by atoms with Crippen molar-refractivity contribution in [1.82, 2.24) is 10.2 Å². The van der Waals surface area contributed by atoms with Crippen LogP contribution in [-0.2, 0) is 4.74 Å². The molecule has 1 saturated carbocycles. The van der Waals surface area contributed by atoms with Crippen molar-refractivity contribution in [2.24, 2.45) is 11.8 Å². The first kappa shape index (κ1) is 15.0. The number of carbonyl (C=O) groups is 1. The van der Waals surface area contributed by atoms with Gasteiger partial charge in [-0.25, -0.2) is 4.79 Å². The molecule has 2 aliphatic rings. The fraction of sp³-hybridized carbons (Fsp3) is 0.929. The van der Waals surface area contributed by atoms with E-state index in [2.05, 4.69) is 11.6 Å². The van der Waals surface area contributed by atoms with E-state index < -0.39 is 0 Å². The Morgan fingerprint density at radius 3 is 2.53 bits per heavy atom. The SMILES string of the molecule is CSCCCNC1C2CN(C(=O)OC(C)(C)C)CC21. The summed E-state index contributed by atoms with van der Waals surface area (Å²) in [4.78, 5) is 13.8. The van der Waals surface area contributed by atoms with Crippen LogP contribution >= 0.6 is 11.8 Å². The van der Waals surface area contributed by atoms with E-state index in [9.17, 15) is 4.79 Å². The van der Waals surface area contributed by atoms with Crippen LogP contribution in [0.4, 0.5) is 4.79 Å². The Bertz CT molecular complexity index is 318. The fourth-order valence-electron chi connectivity index (χ4n) is 2.79. The molecule has 2 rings (SSSR count). The van der Waals surface area contributed by atoms with Crippen LogP contribution in [0, 0.1) is 11.8 Å². The van der Waals surface area contributed by atoms with Gasteiger partial charge in [0.1, 0.15) is 5.60 Å². The van der Waals surface area contributed by atoms with E-state index >= 15 is 0 Å². The van der Waals surface area contributed by atoms with Crippen molar-refractivity contribution < 1.29 is 9.53 Å². The summed E-state index contributed by atoms with van der Waals surface area (Å²) in [6.07, 6.45) is 3.22. The van der Waals surface area contributed by atoms with Crippen molar-refractivity contribution in [2.75, 3.05) is 31.6 Å². The van der Waals surface area contributed by atoms with E-state index in [0.717, 1.165) is 19.6 Å². The lowest BCUT2D eigenvalue weighted by Crippen LogP contribution is -2.39. The molecule has 1 aliphatic heterocycles. The highest BCUT2D eigenvalue weighted by molar-refractivity contribution is 7.98. The van der Waals surface area contributed by atoms with Crippen molar-refractivity contribution in [3.05, 3.63) is 0 Å². The second-order valence-electron chi connectivity index (χ2n) is 6.54. The van der Waals surface area contributed by atoms with E-state index in [4.69, 9.17) is 4.74 Å². The minimum atomic E-state index is -0.390. The summed E-state index contributed by atoms with van der Waals surface area (Å²) in [5, 5.41) is 3.61. The maximum Gasteiger partial charge on any atom is 0.410 e. The third-order valence-corrected chi connectivity index (χ3v) is 4.45. The molecule has 5 heteroatoms. The molecule has 1 aliphatic carbocycles. The van der Waals surface area contributed by atoms with Crippen LogP contribution in [0.5, 0.6) is 0 Å². The average molecular weight is 286 g/mol. The molecular weight excluding hydrogens is 260 g/mol. The number of amides is 1. The molecule has 110 valence electrons. The summed E-state index contributed by atoms with van der Waals surface area (Å²) in [7, 11) is 0. The highest BCUT2D eigenvalue weighted by Crippen LogP contribution is 2.45. The molecule has 2 fully saturated rings. The van der Waals surface area contributed by atoms with Gasteiger partial charge in [0, 0.05) is 19.1 Å². The van der Waals surface area contributed by atoms with Crippen LogP contribution in [0.2, 0.25) is 0 Å². The lowest BCUT2D eigenvalue weighted by molar-refractivity contribution is 0.0269. The first-order valence-corrected chi connectivity index (χ1v) is 8.52. The molecular formula is C14H26N2O2S. The molecule has 1 N–H and O–H groups in total. The fourth-order valence-corrected chi connectivity index (χ4v) is 3.22. The van der Waals surface area contributed by atoms with Crippen LogP contribution in [0.15, 0.2) is 0 Å². The summed E-state index contributed by atoms with van der Waals surface area (Å²) in [6, 6.07) is 0.639. The molecule has 4 nitrogen and oxygen atoms in total. The van der Waals surface area contributed by atoms with Gasteiger partial charge in [-0.05, 0) is 57.6 Å². The number of fused-ring (bicyclic) bond motifs is 1. The van der Waals surface area contributed by atoms with Crippen molar-refractivity contribution in [1.29, 1.82) is 0 Å². The maximum absolute atomic E-state index is 11.9. The van der Waals surface area contributed by atoms with E-state index in [1.54, 1.807) is 0 Å². The van der Waals surface area contributed by atoms with Gasteiger partial charge < -0.3 is 15.0 Å². The Morgan fingerprint density at radius 2 is 2.00 bits per heavy atom. The van der Waals surface area contributed by atoms with Crippen LogP contribution in [0.3, 0.4) is 0 Å². The normalized spacial score (nSPS) is 29.3. The highest BCUT2D eigenvalue weighted by atomic mass is 32.2. The van der Waals surface area contributed by atoms with E-state index in [-0.39, 0.29) is 11.7 Å². The van der Waals surface area contributed by atoms with Gasteiger partial charge in [0.15, 0.2) is 0 Å². The molecule has 2 unspecified atom stereocenters. The van der Waals surface area contributed by atoms with Gasteiger partial charge in [0.25, 0.3) is 0 Å². The zero-order valence-electron chi connectivity index (χ0n) is 12.4. The molecule has 0 aromatic heterocycles. The largest absolute Gasteiger partial charge is 0.444 e. The van der Waals surface area contributed by atoms with Crippen LogP contribution < -0.4 is 5.32 Å². The van der Waals surface area contributed by atoms with Crippen molar-refractivity contribution in [3.8, 4) is 0 Å². The number of thioether (sulfide) groups is 1. The molecule has 1 amide bonds. The van der Waals surface area contributed by atoms with Crippen LogP contribution in [0.25, 0.3) is 0 Å². The smallest absolute Gasteiger partial charge is 0.410 e. The maximum atomic E-state index is 11.9. The average Bonchev–Trinajstić information content (AvgIpc) is 2.75. The number of nitrogens with zero attached hydrogens (tertiary/aromatic N) is 1.